The van der Waals surface area contributed by atoms with Crippen molar-refractivity contribution in [3.8, 4) is 39.3 Å². The highest BCUT2D eigenvalue weighted by molar-refractivity contribution is 6.17. The van der Waals surface area contributed by atoms with Crippen LogP contribution in [0.15, 0.2) is 229 Å². The van der Waals surface area contributed by atoms with Crippen molar-refractivity contribution in [2.45, 2.75) is 0 Å². The summed E-state index contributed by atoms with van der Waals surface area (Å²) in [5.41, 5.74) is 14.4. The van der Waals surface area contributed by atoms with Crippen LogP contribution in [0.25, 0.3) is 83.1 Å². The quantitative estimate of drug-likeness (QED) is 0.145. The summed E-state index contributed by atoms with van der Waals surface area (Å²) in [6.45, 7) is 0. The average Bonchev–Trinajstić information content (AvgIpc) is 3.91. The number of fused-ring (bicyclic) bond motifs is 6. The Hall–Kier alpha value is -8.41. The molecule has 0 aliphatic rings. The fourth-order valence-corrected chi connectivity index (χ4v) is 8.76. The first-order valence-corrected chi connectivity index (χ1v) is 20.8. The van der Waals surface area contributed by atoms with Gasteiger partial charge in [0, 0.05) is 50.3 Å². The van der Waals surface area contributed by atoms with Crippen molar-refractivity contribution >= 4 is 55.7 Å². The zero-order valence-corrected chi connectivity index (χ0v) is 33.7. The molecule has 0 saturated carbocycles. The molecule has 0 saturated heterocycles. The van der Waals surface area contributed by atoms with Crippen molar-refractivity contribution in [2.24, 2.45) is 4.99 Å². The van der Waals surface area contributed by atoms with E-state index in [1.165, 1.54) is 0 Å². The SMILES string of the molecule is N=C(/C=C(\N=Cc1ccc(-c2c(-c3ccccc3)nn3c(-c4ccccc4)cc4ccccc4c23)cc1)c1cccc2c1c1ccccc1n2-c1ccccc1)c1ccccc1. The fourth-order valence-electron chi connectivity index (χ4n) is 8.76. The van der Waals surface area contributed by atoms with Gasteiger partial charge in [0.1, 0.15) is 5.69 Å². The van der Waals surface area contributed by atoms with Crippen LogP contribution in [0.2, 0.25) is 0 Å². The van der Waals surface area contributed by atoms with E-state index in [1.807, 2.05) is 60.8 Å². The number of pyridine rings is 1. The van der Waals surface area contributed by atoms with E-state index < -0.39 is 0 Å². The number of nitrogens with one attached hydrogen (secondary N) is 1. The zero-order chi connectivity index (χ0) is 41.4. The lowest BCUT2D eigenvalue weighted by molar-refractivity contribution is 0.979. The van der Waals surface area contributed by atoms with E-state index in [-0.39, 0.29) is 0 Å². The molecule has 0 fully saturated rings. The van der Waals surface area contributed by atoms with Gasteiger partial charge in [-0.15, -0.1) is 0 Å². The number of allylic oxidation sites excluding steroid dienone is 1. The van der Waals surface area contributed by atoms with Crippen molar-refractivity contribution in [1.29, 1.82) is 5.41 Å². The molecule has 292 valence electrons. The molecule has 0 radical (unpaired) electrons. The Balaban J connectivity index is 1.06. The van der Waals surface area contributed by atoms with Gasteiger partial charge in [-0.25, -0.2) is 4.52 Å². The van der Waals surface area contributed by atoms with Crippen molar-refractivity contribution in [3.63, 3.8) is 0 Å². The standard InChI is InChI=1S/C57H39N5/c58-49(40-18-5-1-6-19-40)37-50(47-29-17-31-52-55(47)48-28-15-16-30-51(48)61(52)45-25-11-4-12-26-45)59-38-39-32-34-42(35-33-39)54-56(43-22-9-3-10-23-43)60-62-53(41-20-7-2-8-21-41)36-44-24-13-14-27-46(44)57(54)62/h1-38,58H/b50-37-,58-49?,59-38?. The Labute approximate surface area is 359 Å². The molecule has 5 nitrogen and oxygen atoms in total. The van der Waals surface area contributed by atoms with E-state index in [9.17, 15) is 5.41 Å². The van der Waals surface area contributed by atoms with Crippen LogP contribution < -0.4 is 0 Å². The first-order valence-electron chi connectivity index (χ1n) is 20.8. The van der Waals surface area contributed by atoms with Gasteiger partial charge in [0.25, 0.3) is 0 Å². The normalized spacial score (nSPS) is 12.0. The first kappa shape index (κ1) is 36.7. The van der Waals surface area contributed by atoms with Crippen LogP contribution in [0, 0.1) is 5.41 Å². The first-order chi connectivity index (χ1) is 30.7. The molecule has 3 aromatic heterocycles. The van der Waals surface area contributed by atoms with Gasteiger partial charge in [-0.05, 0) is 58.5 Å². The van der Waals surface area contributed by atoms with E-state index in [1.54, 1.807) is 0 Å². The Bertz CT molecular complexity index is 3490. The van der Waals surface area contributed by atoms with Gasteiger partial charge in [-0.2, -0.15) is 5.10 Å². The second-order valence-corrected chi connectivity index (χ2v) is 15.4. The number of hydrogen-bond donors (Lipinski definition) is 1. The van der Waals surface area contributed by atoms with E-state index in [2.05, 4.69) is 179 Å². The van der Waals surface area contributed by atoms with E-state index in [0.717, 1.165) is 94.1 Å². The van der Waals surface area contributed by atoms with Crippen molar-refractivity contribution in [2.75, 3.05) is 0 Å². The number of nitrogens with zero attached hydrogens (tertiary/aromatic N) is 4. The Morgan fingerprint density at radius 3 is 1.89 bits per heavy atom. The molecule has 8 aromatic carbocycles. The fraction of sp³-hybridized carbons (Fsp3) is 0. The molecular formula is C57H39N5. The third kappa shape index (κ3) is 6.49. The van der Waals surface area contributed by atoms with Gasteiger partial charge in [0.2, 0.25) is 0 Å². The summed E-state index contributed by atoms with van der Waals surface area (Å²) in [4.78, 5) is 5.23. The molecule has 0 atom stereocenters. The lowest BCUT2D eigenvalue weighted by Gasteiger charge is -2.11. The number of para-hydroxylation sites is 2. The molecule has 11 aromatic rings. The maximum atomic E-state index is 9.23. The van der Waals surface area contributed by atoms with E-state index in [4.69, 9.17) is 10.1 Å². The van der Waals surface area contributed by atoms with Gasteiger partial charge < -0.3 is 9.98 Å². The summed E-state index contributed by atoms with van der Waals surface area (Å²) in [6, 6.07) is 75.6. The third-order valence-electron chi connectivity index (χ3n) is 11.6. The van der Waals surface area contributed by atoms with Gasteiger partial charge in [0.15, 0.2) is 0 Å². The molecule has 0 unspecified atom stereocenters. The van der Waals surface area contributed by atoms with Crippen LogP contribution in [0.3, 0.4) is 0 Å². The predicted molar refractivity (Wildman–Crippen MR) is 259 cm³/mol. The van der Waals surface area contributed by atoms with Crippen molar-refractivity contribution in [1.82, 2.24) is 14.2 Å². The minimum atomic E-state index is 0.389. The lowest BCUT2D eigenvalue weighted by Crippen LogP contribution is -1.97. The molecule has 1 N–H and O–H groups in total. The van der Waals surface area contributed by atoms with Crippen LogP contribution in [0.5, 0.6) is 0 Å². The summed E-state index contributed by atoms with van der Waals surface area (Å²) >= 11 is 0. The molecule has 62 heavy (non-hydrogen) atoms. The van der Waals surface area contributed by atoms with Crippen molar-refractivity contribution in [3.05, 3.63) is 241 Å². The Morgan fingerprint density at radius 1 is 0.532 bits per heavy atom. The Morgan fingerprint density at radius 2 is 1.15 bits per heavy atom. The average molecular weight is 794 g/mol. The monoisotopic (exact) mass is 793 g/mol. The largest absolute Gasteiger partial charge is 0.309 e. The van der Waals surface area contributed by atoms with Crippen molar-refractivity contribution < 1.29 is 0 Å². The zero-order valence-electron chi connectivity index (χ0n) is 33.7. The van der Waals surface area contributed by atoms with E-state index >= 15 is 0 Å². The molecular weight excluding hydrogens is 755 g/mol. The maximum absolute atomic E-state index is 9.23. The highest BCUT2D eigenvalue weighted by Gasteiger charge is 2.22. The highest BCUT2D eigenvalue weighted by Crippen LogP contribution is 2.41. The highest BCUT2D eigenvalue weighted by atomic mass is 15.2. The van der Waals surface area contributed by atoms with Gasteiger partial charge in [-0.1, -0.05) is 188 Å². The van der Waals surface area contributed by atoms with Gasteiger partial charge in [0.05, 0.1) is 33.7 Å². The number of hydrogen-bond acceptors (Lipinski definition) is 3. The lowest BCUT2D eigenvalue weighted by atomic mass is 9.96. The molecule has 0 spiro atoms. The minimum absolute atomic E-state index is 0.389. The van der Waals surface area contributed by atoms with Crippen LogP contribution in [0.4, 0.5) is 0 Å². The topological polar surface area (TPSA) is 58.4 Å². The second-order valence-electron chi connectivity index (χ2n) is 15.4. The maximum Gasteiger partial charge on any atom is 0.101 e. The summed E-state index contributed by atoms with van der Waals surface area (Å²) in [6.07, 6.45) is 3.81. The number of benzene rings is 8. The van der Waals surface area contributed by atoms with Crippen LogP contribution in [0.1, 0.15) is 16.7 Å². The minimum Gasteiger partial charge on any atom is -0.309 e. The van der Waals surface area contributed by atoms with E-state index in [0.29, 0.717) is 11.4 Å². The molecule has 0 aliphatic carbocycles. The molecule has 5 heteroatoms. The second kappa shape index (κ2) is 15.6. The molecule has 0 aliphatic heterocycles. The number of rotatable bonds is 9. The molecule has 0 amide bonds. The van der Waals surface area contributed by atoms with Crippen LogP contribution in [-0.4, -0.2) is 26.1 Å². The summed E-state index contributed by atoms with van der Waals surface area (Å²) in [5, 5.41) is 19.1. The molecule has 3 heterocycles. The van der Waals surface area contributed by atoms with Gasteiger partial charge >= 0.3 is 0 Å². The predicted octanol–water partition coefficient (Wildman–Crippen LogP) is 14.1. The molecule has 11 rings (SSSR count). The van der Waals surface area contributed by atoms with Gasteiger partial charge in [-0.3, -0.25) is 4.99 Å². The van der Waals surface area contributed by atoms with Crippen LogP contribution in [-0.2, 0) is 0 Å². The smallest absolute Gasteiger partial charge is 0.101 e. The number of aromatic nitrogens is 3. The summed E-state index contributed by atoms with van der Waals surface area (Å²) in [7, 11) is 0. The summed E-state index contributed by atoms with van der Waals surface area (Å²) in [5.74, 6) is 0. The number of aliphatic imine (C=N–C) groups is 1. The Kier molecular flexibility index (Phi) is 9.25. The summed E-state index contributed by atoms with van der Waals surface area (Å²) < 4.78 is 4.44. The third-order valence-corrected chi connectivity index (χ3v) is 11.6. The molecule has 0 bridgehead atoms. The van der Waals surface area contributed by atoms with Crippen LogP contribution >= 0.6 is 0 Å².